The van der Waals surface area contributed by atoms with Crippen LogP contribution in [0.2, 0.25) is 0 Å². The van der Waals surface area contributed by atoms with Crippen molar-refractivity contribution in [3.8, 4) is 0 Å². The molecule has 1 aromatic carbocycles. The molecule has 0 spiro atoms. The van der Waals surface area contributed by atoms with E-state index < -0.39 is 10.9 Å². The van der Waals surface area contributed by atoms with Crippen LogP contribution in [0.25, 0.3) is 0 Å². The van der Waals surface area contributed by atoms with E-state index in [1.165, 1.54) is 12.1 Å². The Kier molecular flexibility index (Phi) is 5.47. The molecule has 0 bridgehead atoms. The van der Waals surface area contributed by atoms with Crippen LogP contribution in [-0.2, 0) is 9.53 Å². The van der Waals surface area contributed by atoms with Gasteiger partial charge in [0, 0.05) is 37.9 Å². The molecule has 136 valence electrons. The van der Waals surface area contributed by atoms with Crippen LogP contribution in [0.4, 0.5) is 10.7 Å². The lowest BCUT2D eigenvalue weighted by Gasteiger charge is -2.36. The first-order valence-corrected chi connectivity index (χ1v) is 8.85. The van der Waals surface area contributed by atoms with E-state index in [1.807, 2.05) is 30.3 Å². The van der Waals surface area contributed by atoms with E-state index in [2.05, 4.69) is 4.90 Å². The maximum absolute atomic E-state index is 12.2. The molecule has 0 atom stereocenters. The summed E-state index contributed by atoms with van der Waals surface area (Å²) >= 11 is 0.729. The number of nitro groups is 1. The summed E-state index contributed by atoms with van der Waals surface area (Å²) in [7, 11) is 0. The van der Waals surface area contributed by atoms with Crippen molar-refractivity contribution >= 4 is 33.9 Å². The van der Waals surface area contributed by atoms with Gasteiger partial charge in [0.1, 0.15) is 4.88 Å². The zero-order valence-electron chi connectivity index (χ0n) is 13.9. The monoisotopic (exact) mass is 375 g/mol. The van der Waals surface area contributed by atoms with Crippen LogP contribution in [0.5, 0.6) is 0 Å². The van der Waals surface area contributed by atoms with Gasteiger partial charge in [0.15, 0.2) is 6.61 Å². The molecular formula is C17H17N3O5S. The Labute approximate surface area is 153 Å². The Morgan fingerprint density at radius 1 is 1.08 bits per heavy atom. The Bertz CT molecular complexity index is 800. The van der Waals surface area contributed by atoms with Crippen molar-refractivity contribution in [1.82, 2.24) is 4.90 Å². The molecule has 1 fully saturated rings. The smallest absolute Gasteiger partial charge is 0.349 e. The largest absolute Gasteiger partial charge is 0.451 e. The number of nitrogens with zero attached hydrogens (tertiary/aromatic N) is 3. The first-order chi connectivity index (χ1) is 12.5. The van der Waals surface area contributed by atoms with Crippen LogP contribution < -0.4 is 4.90 Å². The lowest BCUT2D eigenvalue weighted by molar-refractivity contribution is -0.380. The van der Waals surface area contributed by atoms with Gasteiger partial charge in [-0.1, -0.05) is 29.5 Å². The number of carbonyl (C=O) groups excluding carboxylic acids is 2. The fourth-order valence-corrected chi connectivity index (χ4v) is 3.39. The fraction of sp³-hybridized carbons (Fsp3) is 0.294. The van der Waals surface area contributed by atoms with E-state index in [0.29, 0.717) is 26.2 Å². The third kappa shape index (κ3) is 4.17. The van der Waals surface area contributed by atoms with Crippen LogP contribution in [0, 0.1) is 10.1 Å². The van der Waals surface area contributed by atoms with Gasteiger partial charge in [-0.05, 0) is 18.2 Å². The van der Waals surface area contributed by atoms with Crippen LogP contribution >= 0.6 is 11.3 Å². The van der Waals surface area contributed by atoms with E-state index in [1.54, 1.807) is 4.90 Å². The third-order valence-electron chi connectivity index (χ3n) is 4.05. The minimum Gasteiger partial charge on any atom is -0.451 e. The number of rotatable bonds is 5. The summed E-state index contributed by atoms with van der Waals surface area (Å²) in [5, 5.41) is 10.5. The van der Waals surface area contributed by atoms with E-state index in [4.69, 9.17) is 4.74 Å². The van der Waals surface area contributed by atoms with Crippen molar-refractivity contribution in [3.05, 3.63) is 57.5 Å². The molecule has 26 heavy (non-hydrogen) atoms. The van der Waals surface area contributed by atoms with Gasteiger partial charge in [0.05, 0.1) is 4.92 Å². The molecule has 1 aliphatic heterocycles. The number of hydrogen-bond donors (Lipinski definition) is 0. The molecular weight excluding hydrogens is 358 g/mol. The number of thiophene rings is 1. The molecule has 0 aliphatic carbocycles. The van der Waals surface area contributed by atoms with Gasteiger partial charge in [-0.3, -0.25) is 14.9 Å². The van der Waals surface area contributed by atoms with Gasteiger partial charge in [0.25, 0.3) is 5.91 Å². The van der Waals surface area contributed by atoms with Crippen LogP contribution in [0.15, 0.2) is 42.5 Å². The van der Waals surface area contributed by atoms with Crippen LogP contribution in [0.3, 0.4) is 0 Å². The molecule has 2 aromatic rings. The highest BCUT2D eigenvalue weighted by molar-refractivity contribution is 7.17. The molecule has 3 rings (SSSR count). The summed E-state index contributed by atoms with van der Waals surface area (Å²) in [4.78, 5) is 38.1. The first-order valence-electron chi connectivity index (χ1n) is 8.04. The summed E-state index contributed by atoms with van der Waals surface area (Å²) < 4.78 is 4.99. The predicted octanol–water partition coefficient (Wildman–Crippen LogP) is 2.16. The molecule has 0 N–H and O–H groups in total. The second-order valence-electron chi connectivity index (χ2n) is 5.67. The predicted molar refractivity (Wildman–Crippen MR) is 96.5 cm³/mol. The fourth-order valence-electron chi connectivity index (χ4n) is 2.68. The average molecular weight is 375 g/mol. The maximum Gasteiger partial charge on any atom is 0.349 e. The molecule has 1 aromatic heterocycles. The highest BCUT2D eigenvalue weighted by Crippen LogP contribution is 2.24. The summed E-state index contributed by atoms with van der Waals surface area (Å²) in [5.41, 5.74) is 1.12. The number of ether oxygens (including phenoxy) is 1. The molecule has 8 nitrogen and oxygen atoms in total. The highest BCUT2D eigenvalue weighted by Gasteiger charge is 2.23. The molecule has 1 amide bonds. The Balaban J connectivity index is 1.47. The first kappa shape index (κ1) is 17.9. The van der Waals surface area contributed by atoms with Crippen molar-refractivity contribution in [1.29, 1.82) is 0 Å². The minimum absolute atomic E-state index is 0.110. The quantitative estimate of drug-likeness (QED) is 0.452. The molecule has 0 saturated carbocycles. The topological polar surface area (TPSA) is 93.0 Å². The zero-order chi connectivity index (χ0) is 18.5. The highest BCUT2D eigenvalue weighted by atomic mass is 32.1. The lowest BCUT2D eigenvalue weighted by atomic mass is 10.2. The molecule has 1 saturated heterocycles. The van der Waals surface area contributed by atoms with Crippen molar-refractivity contribution in [3.63, 3.8) is 0 Å². The third-order valence-corrected chi connectivity index (χ3v) is 5.07. The molecule has 0 unspecified atom stereocenters. The Hall–Kier alpha value is -2.94. The summed E-state index contributed by atoms with van der Waals surface area (Å²) in [6, 6.07) is 12.5. The number of carbonyl (C=O) groups is 2. The van der Waals surface area contributed by atoms with Crippen molar-refractivity contribution in [2.24, 2.45) is 0 Å². The SMILES string of the molecule is O=C(OCC(=O)N1CCN(c2ccccc2)CC1)c1ccc([N+](=O)[O-])s1. The molecule has 9 heteroatoms. The van der Waals surface area contributed by atoms with Gasteiger partial charge < -0.3 is 14.5 Å². The molecule has 2 heterocycles. The average Bonchev–Trinajstić information content (AvgIpc) is 3.17. The van der Waals surface area contributed by atoms with Crippen molar-refractivity contribution in [2.45, 2.75) is 0 Å². The minimum atomic E-state index is -0.723. The number of esters is 1. The van der Waals surface area contributed by atoms with E-state index in [-0.39, 0.29) is 22.4 Å². The van der Waals surface area contributed by atoms with E-state index in [0.717, 1.165) is 17.0 Å². The van der Waals surface area contributed by atoms with Gasteiger partial charge in [-0.25, -0.2) is 4.79 Å². The number of anilines is 1. The second-order valence-corrected chi connectivity index (χ2v) is 6.74. The second kappa shape index (κ2) is 7.96. The summed E-state index contributed by atoms with van der Waals surface area (Å²) in [6.45, 7) is 2.16. The number of amides is 1. The van der Waals surface area contributed by atoms with E-state index >= 15 is 0 Å². The van der Waals surface area contributed by atoms with Gasteiger partial charge >= 0.3 is 11.0 Å². The molecule has 0 radical (unpaired) electrons. The lowest BCUT2D eigenvalue weighted by Crippen LogP contribution is -2.49. The van der Waals surface area contributed by atoms with Gasteiger partial charge in [-0.2, -0.15) is 0 Å². The Morgan fingerprint density at radius 3 is 2.38 bits per heavy atom. The normalized spacial score (nSPS) is 14.2. The number of para-hydroxylation sites is 1. The van der Waals surface area contributed by atoms with Crippen molar-refractivity contribution < 1.29 is 19.2 Å². The Morgan fingerprint density at radius 2 is 1.77 bits per heavy atom. The van der Waals surface area contributed by atoms with Gasteiger partial charge in [-0.15, -0.1) is 0 Å². The van der Waals surface area contributed by atoms with Crippen molar-refractivity contribution in [2.75, 3.05) is 37.7 Å². The molecule has 1 aliphatic rings. The van der Waals surface area contributed by atoms with Crippen LogP contribution in [-0.4, -0.2) is 54.5 Å². The summed E-state index contributed by atoms with van der Waals surface area (Å²) in [6.07, 6.45) is 0. The number of benzene rings is 1. The van der Waals surface area contributed by atoms with Crippen LogP contribution in [0.1, 0.15) is 9.67 Å². The standard InChI is InChI=1S/C17H17N3O5S/c21-15(12-25-17(22)14-6-7-16(26-14)20(23)24)19-10-8-18(9-11-19)13-4-2-1-3-5-13/h1-7H,8-12H2. The number of hydrogen-bond acceptors (Lipinski definition) is 7. The van der Waals surface area contributed by atoms with Gasteiger partial charge in [0.2, 0.25) is 0 Å². The maximum atomic E-state index is 12.2. The van der Waals surface area contributed by atoms with E-state index in [9.17, 15) is 19.7 Å². The zero-order valence-corrected chi connectivity index (χ0v) is 14.7. The number of piperazine rings is 1. The summed E-state index contributed by atoms with van der Waals surface area (Å²) in [5.74, 6) is -0.989.